The van der Waals surface area contributed by atoms with E-state index in [0.29, 0.717) is 68.3 Å². The lowest BCUT2D eigenvalue weighted by Crippen LogP contribution is -2.26. The molecule has 0 fully saturated rings. The summed E-state index contributed by atoms with van der Waals surface area (Å²) in [5, 5.41) is 2.88. The first-order valence-electron chi connectivity index (χ1n) is 20.2. The Morgan fingerprint density at radius 2 is 1.44 bits per heavy atom. The summed E-state index contributed by atoms with van der Waals surface area (Å²) in [5.74, 6) is 0.856. The van der Waals surface area contributed by atoms with Crippen LogP contribution >= 0.6 is 0 Å². The molecule has 0 bridgehead atoms. The fourth-order valence-electron chi connectivity index (χ4n) is 7.90. The predicted octanol–water partition coefficient (Wildman–Crippen LogP) is 10.0. The highest BCUT2D eigenvalue weighted by Crippen LogP contribution is 2.36. The molecule has 62 heavy (non-hydrogen) atoms. The zero-order valence-corrected chi connectivity index (χ0v) is 34.3. The average molecular weight is 825 g/mol. The lowest BCUT2D eigenvalue weighted by atomic mass is 9.84. The second kappa shape index (κ2) is 16.5. The molecule has 5 aromatic carbocycles. The van der Waals surface area contributed by atoms with Crippen LogP contribution in [0.5, 0.6) is 5.75 Å². The third kappa shape index (κ3) is 7.56. The number of H-pyrrole nitrogens is 1. The van der Waals surface area contributed by atoms with E-state index >= 15 is 4.39 Å². The number of hydrogen-bond acceptors (Lipinski definition) is 7. The lowest BCUT2D eigenvalue weighted by molar-refractivity contribution is 0.0950. The molecule has 4 N–H and O–H groups in total. The molecule has 10 nitrogen and oxygen atoms in total. The van der Waals surface area contributed by atoms with Crippen LogP contribution in [0, 0.1) is 11.6 Å². The van der Waals surface area contributed by atoms with E-state index in [9.17, 15) is 9.18 Å². The summed E-state index contributed by atoms with van der Waals surface area (Å²) in [7, 11) is 1.60. The smallest absolute Gasteiger partial charge is 0.251 e. The van der Waals surface area contributed by atoms with Gasteiger partial charge in [0.15, 0.2) is 11.3 Å². The average Bonchev–Trinajstić information content (AvgIpc) is 3.90. The number of nitrogens with two attached hydrogens (primary N) is 1. The van der Waals surface area contributed by atoms with Gasteiger partial charge in [0.05, 0.1) is 18.2 Å². The number of carbonyl (C=O) groups excluding carboxylic acids is 1. The van der Waals surface area contributed by atoms with Gasteiger partial charge < -0.3 is 25.3 Å². The van der Waals surface area contributed by atoms with Crippen molar-refractivity contribution >= 4 is 28.2 Å². The number of ether oxygens (including phenoxy) is 1. The molecule has 0 atom stereocenters. The number of rotatable bonds is 12. The monoisotopic (exact) mass is 824 g/mol. The Hall–Kier alpha value is -7.57. The molecule has 4 heterocycles. The van der Waals surface area contributed by atoms with Crippen molar-refractivity contribution < 1.29 is 18.3 Å². The Kier molecular flexibility index (Phi) is 10.6. The van der Waals surface area contributed by atoms with Gasteiger partial charge in [-0.25, -0.2) is 28.7 Å². The van der Waals surface area contributed by atoms with E-state index in [-0.39, 0.29) is 24.8 Å². The largest absolute Gasteiger partial charge is 0.496 e. The van der Waals surface area contributed by atoms with Crippen molar-refractivity contribution in [1.29, 1.82) is 0 Å². The van der Waals surface area contributed by atoms with Gasteiger partial charge in [0, 0.05) is 70.8 Å². The highest BCUT2D eigenvalue weighted by molar-refractivity contribution is 5.95. The number of aromatic nitrogens is 6. The summed E-state index contributed by atoms with van der Waals surface area (Å²) in [6.07, 6.45) is 3.37. The highest BCUT2D eigenvalue weighted by Gasteiger charge is 2.27. The van der Waals surface area contributed by atoms with Crippen molar-refractivity contribution in [3.8, 4) is 50.8 Å². The maximum absolute atomic E-state index is 15.6. The lowest BCUT2D eigenvalue weighted by Gasteiger charge is -2.27. The number of methoxy groups -OCH3 is 1. The Morgan fingerprint density at radius 3 is 2.16 bits per heavy atom. The maximum atomic E-state index is 15.6. The quantitative estimate of drug-likeness (QED) is 0.112. The van der Waals surface area contributed by atoms with Gasteiger partial charge in [-0.15, -0.1) is 0 Å². The topological polar surface area (TPSA) is 137 Å². The van der Waals surface area contributed by atoms with Crippen LogP contribution in [0.4, 0.5) is 8.78 Å². The molecule has 0 aliphatic carbocycles. The van der Waals surface area contributed by atoms with Crippen LogP contribution in [0.15, 0.2) is 140 Å². The van der Waals surface area contributed by atoms with Gasteiger partial charge in [-0.3, -0.25) is 4.79 Å². The Bertz CT molecular complexity index is 3110. The molecule has 1 amide bonds. The summed E-state index contributed by atoms with van der Waals surface area (Å²) in [6, 6.07) is 38.6. The number of aromatic amines is 1. The predicted molar refractivity (Wildman–Crippen MR) is 238 cm³/mol. The number of carbonyl (C=O) groups is 1. The van der Waals surface area contributed by atoms with E-state index in [0.717, 1.165) is 33.6 Å². The maximum Gasteiger partial charge on any atom is 0.251 e. The van der Waals surface area contributed by atoms with Crippen molar-refractivity contribution in [2.24, 2.45) is 5.73 Å². The van der Waals surface area contributed by atoms with Crippen LogP contribution in [-0.2, 0) is 25.0 Å². The van der Waals surface area contributed by atoms with E-state index in [4.69, 9.17) is 20.4 Å². The highest BCUT2D eigenvalue weighted by atomic mass is 19.1. The Balaban J connectivity index is 0.924. The number of pyridine rings is 2. The summed E-state index contributed by atoms with van der Waals surface area (Å²) in [4.78, 5) is 35.7. The molecule has 0 aliphatic rings. The van der Waals surface area contributed by atoms with Crippen molar-refractivity contribution in [2.45, 2.75) is 38.9 Å². The van der Waals surface area contributed by atoms with Gasteiger partial charge in [-0.2, -0.15) is 0 Å². The number of amides is 1. The van der Waals surface area contributed by atoms with Gasteiger partial charge in [-0.1, -0.05) is 92.7 Å². The van der Waals surface area contributed by atoms with Crippen LogP contribution in [0.25, 0.3) is 67.4 Å². The van der Waals surface area contributed by atoms with E-state index in [1.807, 2.05) is 91.0 Å². The van der Waals surface area contributed by atoms with Crippen molar-refractivity contribution in [3.63, 3.8) is 0 Å². The number of halogens is 2. The van der Waals surface area contributed by atoms with Crippen LogP contribution in [-0.4, -0.2) is 42.5 Å². The van der Waals surface area contributed by atoms with Crippen LogP contribution in [0.3, 0.4) is 0 Å². The summed E-state index contributed by atoms with van der Waals surface area (Å²) < 4.78 is 38.2. The third-order valence-electron chi connectivity index (χ3n) is 11.3. The molecule has 0 aliphatic heterocycles. The van der Waals surface area contributed by atoms with E-state index in [1.54, 1.807) is 43.8 Å². The standard InChI is InChI=1S/C50H42F2N8O2/c1-50(2,29-60-47(30-9-5-4-6-10-30)58-44-38(22-24-55-48(44)60)33-13-15-34(27-53)40(51)25-33)36-19-17-31(18-20-36)49(61)56-28-35-16-14-32(26-41(35)52)37-21-23-54-46-43(37)57-45(59-46)39-11-7-8-12-42(39)62-3/h4-26H,27-29,53H2,1-3H3,(H,56,61)(H,54,57,59). The van der Waals surface area contributed by atoms with Gasteiger partial charge in [0.25, 0.3) is 5.91 Å². The van der Waals surface area contributed by atoms with Crippen molar-refractivity contribution in [1.82, 2.24) is 34.8 Å². The molecule has 308 valence electrons. The number of nitrogens with zero attached hydrogens (tertiary/aromatic N) is 5. The normalized spacial score (nSPS) is 11.6. The zero-order valence-electron chi connectivity index (χ0n) is 34.3. The minimum absolute atomic E-state index is 0.000708. The number of imidazole rings is 2. The minimum Gasteiger partial charge on any atom is -0.496 e. The molecule has 9 rings (SSSR count). The van der Waals surface area contributed by atoms with Crippen LogP contribution in [0.1, 0.15) is 40.9 Å². The zero-order chi connectivity index (χ0) is 43.0. The molecule has 9 aromatic rings. The third-order valence-corrected chi connectivity index (χ3v) is 11.3. The minimum atomic E-state index is -0.450. The second-order valence-electron chi connectivity index (χ2n) is 15.7. The fraction of sp³-hybridized carbons (Fsp3) is 0.140. The molecule has 0 saturated heterocycles. The molecular formula is C50H42F2N8O2. The van der Waals surface area contributed by atoms with E-state index in [1.165, 1.54) is 12.1 Å². The van der Waals surface area contributed by atoms with Gasteiger partial charge in [0.2, 0.25) is 0 Å². The Labute approximate surface area is 356 Å². The van der Waals surface area contributed by atoms with Crippen LogP contribution in [0.2, 0.25) is 0 Å². The molecule has 0 saturated carbocycles. The summed E-state index contributed by atoms with van der Waals surface area (Å²) in [6.45, 7) is 4.87. The SMILES string of the molecule is COc1ccccc1-c1nc2nccc(-c3ccc(CNC(=O)c4ccc(C(C)(C)Cn5c(-c6ccccc6)nc6c(-c7ccc(CN)c(F)c7)ccnc65)cc4)c(F)c3)c2[nH]1. The molecule has 12 heteroatoms. The van der Waals surface area contributed by atoms with E-state index in [2.05, 4.69) is 38.7 Å². The van der Waals surface area contributed by atoms with Crippen molar-refractivity contribution in [2.75, 3.05) is 7.11 Å². The number of fused-ring (bicyclic) bond motifs is 2. The molecule has 0 unspecified atom stereocenters. The molecular weight excluding hydrogens is 783 g/mol. The van der Waals surface area contributed by atoms with E-state index < -0.39 is 11.2 Å². The van der Waals surface area contributed by atoms with Gasteiger partial charge in [0.1, 0.15) is 34.5 Å². The van der Waals surface area contributed by atoms with Crippen molar-refractivity contribution in [3.05, 3.63) is 174 Å². The first-order valence-corrected chi connectivity index (χ1v) is 20.2. The number of benzene rings is 5. The molecule has 4 aromatic heterocycles. The molecule has 0 spiro atoms. The fourth-order valence-corrected chi connectivity index (χ4v) is 7.90. The second-order valence-corrected chi connectivity index (χ2v) is 15.7. The number of hydrogen-bond donors (Lipinski definition) is 3. The van der Waals surface area contributed by atoms with Gasteiger partial charge in [-0.05, 0) is 65.2 Å². The Morgan fingerprint density at radius 1 is 0.758 bits per heavy atom. The first kappa shape index (κ1) is 39.9. The van der Waals surface area contributed by atoms with Crippen LogP contribution < -0.4 is 15.8 Å². The summed E-state index contributed by atoms with van der Waals surface area (Å²) >= 11 is 0. The van der Waals surface area contributed by atoms with Gasteiger partial charge >= 0.3 is 0 Å². The number of nitrogens with one attached hydrogen (secondary N) is 2. The first-order chi connectivity index (χ1) is 30.1. The number of para-hydroxylation sites is 1. The summed E-state index contributed by atoms with van der Waals surface area (Å²) in [5.41, 5.74) is 14.5. The molecule has 0 radical (unpaired) electrons.